The molecule has 5 atom stereocenters. The Bertz CT molecular complexity index is 1190. The maximum absolute atomic E-state index is 13.5. The molecule has 1 saturated heterocycles. The molecule has 0 amide bonds. The number of anilines is 1. The van der Waals surface area contributed by atoms with E-state index in [1.807, 2.05) is 52.2 Å². The fourth-order valence-corrected chi connectivity index (χ4v) is 7.45. The number of ether oxygens (including phenoxy) is 2. The predicted molar refractivity (Wildman–Crippen MR) is 127 cm³/mol. The second-order valence-electron chi connectivity index (χ2n) is 10.3. The summed E-state index contributed by atoms with van der Waals surface area (Å²) in [6, 6.07) is -0.122. The van der Waals surface area contributed by atoms with Gasteiger partial charge in [0.15, 0.2) is 17.3 Å². The van der Waals surface area contributed by atoms with Crippen LogP contribution in [0.15, 0.2) is 18.2 Å². The molecule has 1 aliphatic heterocycles. The van der Waals surface area contributed by atoms with Gasteiger partial charge in [-0.2, -0.15) is 9.97 Å². The molecule has 0 spiro atoms. The van der Waals surface area contributed by atoms with E-state index in [0.717, 1.165) is 6.42 Å². The van der Waals surface area contributed by atoms with Gasteiger partial charge in [0.1, 0.15) is 11.6 Å². The van der Waals surface area contributed by atoms with E-state index in [9.17, 15) is 4.57 Å². The van der Waals surface area contributed by atoms with E-state index in [1.165, 1.54) is 0 Å². The van der Waals surface area contributed by atoms with Crippen LogP contribution < -0.4 is 5.73 Å². The Morgan fingerprint density at radius 1 is 1.24 bits per heavy atom. The van der Waals surface area contributed by atoms with Crippen molar-refractivity contribution in [2.24, 2.45) is 11.3 Å². The number of nitrogens with zero attached hydrogens (tertiary/aromatic N) is 4. The molecule has 3 heterocycles. The van der Waals surface area contributed by atoms with E-state index < -0.39 is 13.4 Å². The number of imidazole rings is 1. The molecule has 12 heteroatoms. The largest absolute Gasteiger partial charge is 0.382 e. The maximum atomic E-state index is 13.5. The molecule has 2 N–H and O–H groups in total. The zero-order chi connectivity index (χ0) is 24.6. The second kappa shape index (κ2) is 7.98. The number of hydrogen-bond donors (Lipinski definition) is 1. The summed E-state index contributed by atoms with van der Waals surface area (Å²) in [5.74, 6) is 1.21. The van der Waals surface area contributed by atoms with Crippen LogP contribution in [-0.4, -0.2) is 49.7 Å². The molecule has 0 radical (unpaired) electrons. The zero-order valence-electron chi connectivity index (χ0n) is 20.1. The molecule has 2 aromatic heterocycles. The summed E-state index contributed by atoms with van der Waals surface area (Å²) in [6.07, 6.45) is 3.49. The van der Waals surface area contributed by atoms with Crippen LogP contribution in [-0.2, 0) is 23.1 Å². The lowest BCUT2D eigenvalue weighted by molar-refractivity contribution is -0.159. The first-order valence-corrected chi connectivity index (χ1v) is 13.5. The molecule has 186 valence electrons. The third-order valence-corrected chi connectivity index (χ3v) is 8.65. The number of aromatic nitrogens is 4. The van der Waals surface area contributed by atoms with Gasteiger partial charge in [-0.25, -0.2) is 4.98 Å². The Labute approximate surface area is 203 Å². The van der Waals surface area contributed by atoms with Gasteiger partial charge in [-0.3, -0.25) is 4.57 Å². The smallest absolute Gasteiger partial charge is 0.354 e. The van der Waals surface area contributed by atoms with Crippen molar-refractivity contribution in [2.45, 2.75) is 84.2 Å². The van der Waals surface area contributed by atoms with Crippen molar-refractivity contribution in [1.82, 2.24) is 19.5 Å². The van der Waals surface area contributed by atoms with Gasteiger partial charge in [0.25, 0.3) is 0 Å². The van der Waals surface area contributed by atoms with Crippen molar-refractivity contribution in [3.63, 3.8) is 0 Å². The molecule has 0 bridgehead atoms. The lowest BCUT2D eigenvalue weighted by Gasteiger charge is -2.24. The number of rotatable bonds is 7. The molecule has 34 heavy (non-hydrogen) atoms. The van der Waals surface area contributed by atoms with Crippen LogP contribution in [0.3, 0.4) is 0 Å². The molecular formula is C22H31ClN5O5P. The van der Waals surface area contributed by atoms with E-state index in [4.69, 9.17) is 35.9 Å². The van der Waals surface area contributed by atoms with Gasteiger partial charge < -0.3 is 28.8 Å². The molecule has 10 nitrogen and oxygen atoms in total. The van der Waals surface area contributed by atoms with E-state index in [2.05, 4.69) is 15.0 Å². The summed E-state index contributed by atoms with van der Waals surface area (Å²) >= 11 is 6.10. The zero-order valence-corrected chi connectivity index (χ0v) is 21.8. The highest BCUT2D eigenvalue weighted by Gasteiger charge is 2.75. The highest BCUT2D eigenvalue weighted by atomic mass is 35.5. The monoisotopic (exact) mass is 511 g/mol. The lowest BCUT2D eigenvalue weighted by atomic mass is 9.99. The normalized spacial score (nSPS) is 32.3. The first-order valence-electron chi connectivity index (χ1n) is 11.5. The standard InChI is InChI=1S/C22H31ClN5O5P/c1-11(2)32-34(29,33-12(3)4)8-7-22-9-13(22)15(16-17(22)31-21(5,6)30-16)28-10-25-14-18(24)26-20(23)27-19(14)28/h7-8,10-13,15-17H,9H2,1-6H3,(H2,24,26,27)/t13-,15-,16+,17+,22+/m1/s1. The number of hydrogen-bond acceptors (Lipinski definition) is 9. The average Bonchev–Trinajstić information content (AvgIpc) is 2.95. The third-order valence-electron chi connectivity index (χ3n) is 6.54. The summed E-state index contributed by atoms with van der Waals surface area (Å²) in [5.41, 5.74) is 6.70. The quantitative estimate of drug-likeness (QED) is 0.416. The van der Waals surface area contributed by atoms with Crippen LogP contribution in [0, 0.1) is 11.3 Å². The fraction of sp³-hybridized carbons (Fsp3) is 0.682. The van der Waals surface area contributed by atoms with Crippen LogP contribution in [0.25, 0.3) is 11.2 Å². The van der Waals surface area contributed by atoms with Crippen LogP contribution in [0.1, 0.15) is 54.0 Å². The molecule has 3 aliphatic rings. The molecule has 2 aliphatic carbocycles. The van der Waals surface area contributed by atoms with Crippen LogP contribution >= 0.6 is 19.2 Å². The minimum atomic E-state index is -3.45. The molecule has 0 aromatic carbocycles. The summed E-state index contributed by atoms with van der Waals surface area (Å²) in [4.78, 5) is 12.8. The first-order chi connectivity index (χ1) is 15.8. The van der Waals surface area contributed by atoms with Gasteiger partial charge in [0.2, 0.25) is 5.28 Å². The van der Waals surface area contributed by atoms with Gasteiger partial charge in [0.05, 0.1) is 30.7 Å². The maximum Gasteiger partial charge on any atom is 0.354 e. The average molecular weight is 512 g/mol. The number of nitrogen functional groups attached to an aromatic ring is 1. The molecule has 2 saturated carbocycles. The van der Waals surface area contributed by atoms with E-state index >= 15 is 0 Å². The second-order valence-corrected chi connectivity index (χ2v) is 12.4. The van der Waals surface area contributed by atoms with Crippen molar-refractivity contribution < 1.29 is 23.1 Å². The van der Waals surface area contributed by atoms with Crippen LogP contribution in [0.2, 0.25) is 5.28 Å². The molecule has 3 fully saturated rings. The number of nitrogens with two attached hydrogens (primary N) is 1. The summed E-state index contributed by atoms with van der Waals surface area (Å²) in [5, 5.41) is 0.0600. The minimum absolute atomic E-state index is 0.0600. The summed E-state index contributed by atoms with van der Waals surface area (Å²) < 4.78 is 39.6. The summed E-state index contributed by atoms with van der Waals surface area (Å²) in [6.45, 7) is 11.1. The van der Waals surface area contributed by atoms with Crippen molar-refractivity contribution in [2.75, 3.05) is 5.73 Å². The Morgan fingerprint density at radius 3 is 2.56 bits per heavy atom. The predicted octanol–water partition coefficient (Wildman–Crippen LogP) is 4.70. The van der Waals surface area contributed by atoms with E-state index in [0.29, 0.717) is 11.2 Å². The van der Waals surface area contributed by atoms with Crippen molar-refractivity contribution in [1.29, 1.82) is 0 Å². The molecular weight excluding hydrogens is 481 g/mol. The Hall–Kier alpha value is -1.55. The van der Waals surface area contributed by atoms with Crippen molar-refractivity contribution in [3.8, 4) is 0 Å². The fourth-order valence-electron chi connectivity index (χ4n) is 5.45. The highest BCUT2D eigenvalue weighted by Crippen LogP contribution is 2.73. The molecule has 0 unspecified atom stereocenters. The topological polar surface area (TPSA) is 124 Å². The lowest BCUT2D eigenvalue weighted by Crippen LogP contribution is -2.31. The van der Waals surface area contributed by atoms with Gasteiger partial charge in [-0.1, -0.05) is 6.08 Å². The number of fused-ring (bicyclic) bond motifs is 4. The Kier molecular flexibility index (Phi) is 5.67. The summed E-state index contributed by atoms with van der Waals surface area (Å²) in [7, 11) is -3.45. The van der Waals surface area contributed by atoms with Gasteiger partial charge >= 0.3 is 7.60 Å². The van der Waals surface area contributed by atoms with Crippen LogP contribution in [0.5, 0.6) is 0 Å². The van der Waals surface area contributed by atoms with Gasteiger partial charge in [-0.05, 0) is 65.5 Å². The van der Waals surface area contributed by atoms with Gasteiger partial charge in [0, 0.05) is 11.2 Å². The van der Waals surface area contributed by atoms with Gasteiger partial charge in [-0.15, -0.1) is 0 Å². The van der Waals surface area contributed by atoms with Crippen LogP contribution in [0.4, 0.5) is 5.82 Å². The third kappa shape index (κ3) is 3.98. The molecule has 5 rings (SSSR count). The van der Waals surface area contributed by atoms with E-state index in [1.54, 1.807) is 12.1 Å². The van der Waals surface area contributed by atoms with E-state index in [-0.39, 0.29) is 52.9 Å². The molecule has 2 aromatic rings. The Balaban J connectivity index is 1.54. The highest BCUT2D eigenvalue weighted by molar-refractivity contribution is 7.57. The first kappa shape index (κ1) is 24.2. The van der Waals surface area contributed by atoms with Crippen molar-refractivity contribution in [3.05, 3.63) is 23.5 Å². The SMILES string of the molecule is CC(C)OP(=O)(C=C[C@]12C[C@@H]1[C@@H](n1cnc3c(N)nc(Cl)nc31)[C@@H]1OC(C)(C)O[C@@H]12)OC(C)C. The minimum Gasteiger partial charge on any atom is -0.382 e. The van der Waals surface area contributed by atoms with Crippen molar-refractivity contribution >= 4 is 36.2 Å². The Morgan fingerprint density at radius 2 is 1.91 bits per heavy atom. The number of halogens is 1.